The number of Topliss-reactive ketones (excluding diaryl/α,β-unsaturated/α-hetero) is 1. The van der Waals surface area contributed by atoms with Gasteiger partial charge >= 0.3 is 5.97 Å². The Kier molecular flexibility index (Phi) is 3.24. The van der Waals surface area contributed by atoms with Gasteiger partial charge in [0.25, 0.3) is 5.78 Å². The lowest BCUT2D eigenvalue weighted by atomic mass is 10.1. The number of hydrogen-bond acceptors (Lipinski definition) is 4. The van der Waals surface area contributed by atoms with Crippen LogP contribution in [0.25, 0.3) is 10.1 Å². The van der Waals surface area contributed by atoms with Gasteiger partial charge in [-0.15, -0.1) is 11.3 Å². The molecule has 0 spiro atoms. The van der Waals surface area contributed by atoms with E-state index in [0.29, 0.717) is 5.56 Å². The van der Waals surface area contributed by atoms with Gasteiger partial charge in [0, 0.05) is 10.3 Å². The van der Waals surface area contributed by atoms with E-state index in [1.54, 1.807) is 19.1 Å². The van der Waals surface area contributed by atoms with Crippen LogP contribution in [0.2, 0.25) is 0 Å². The summed E-state index contributed by atoms with van der Waals surface area (Å²) in [7, 11) is 0. The lowest BCUT2D eigenvalue weighted by molar-refractivity contribution is -0.137. The molecule has 0 aliphatic carbocycles. The van der Waals surface area contributed by atoms with Crippen molar-refractivity contribution >= 4 is 33.2 Å². The molecule has 0 unspecified atom stereocenters. The zero-order chi connectivity index (χ0) is 12.4. The second-order valence-corrected chi connectivity index (χ2v) is 4.53. The average Bonchev–Trinajstić information content (AvgIpc) is 2.71. The van der Waals surface area contributed by atoms with Gasteiger partial charge in [-0.3, -0.25) is 4.79 Å². The summed E-state index contributed by atoms with van der Waals surface area (Å²) in [6.07, 6.45) is 0. The molecule has 0 saturated carbocycles. The number of rotatable bonds is 3. The van der Waals surface area contributed by atoms with E-state index in [9.17, 15) is 9.59 Å². The Labute approximate surface area is 103 Å². The van der Waals surface area contributed by atoms with Gasteiger partial charge in [-0.05, 0) is 36.2 Å². The van der Waals surface area contributed by atoms with Crippen LogP contribution in [-0.2, 0) is 9.53 Å². The summed E-state index contributed by atoms with van der Waals surface area (Å²) in [6, 6.07) is 5.40. The second kappa shape index (κ2) is 4.67. The number of hydrogen-bond donors (Lipinski definition) is 0. The molecule has 2 rings (SSSR count). The maximum Gasteiger partial charge on any atom is 0.379 e. The van der Waals surface area contributed by atoms with E-state index in [1.165, 1.54) is 11.3 Å². The quantitative estimate of drug-likeness (QED) is 0.476. The molecule has 0 atom stereocenters. The first-order valence-electron chi connectivity index (χ1n) is 5.33. The molecule has 0 saturated heterocycles. The zero-order valence-corrected chi connectivity index (χ0v) is 10.5. The average molecular weight is 248 g/mol. The Morgan fingerprint density at radius 2 is 2.12 bits per heavy atom. The fourth-order valence-electron chi connectivity index (χ4n) is 1.67. The monoisotopic (exact) mass is 248 g/mol. The van der Waals surface area contributed by atoms with Crippen LogP contribution >= 0.6 is 11.3 Å². The minimum Gasteiger partial charge on any atom is -0.460 e. The molecule has 0 aliphatic heterocycles. The lowest BCUT2D eigenvalue weighted by Crippen LogP contribution is -2.17. The van der Waals surface area contributed by atoms with Crippen LogP contribution in [0.5, 0.6) is 0 Å². The predicted octanol–water partition coefficient (Wildman–Crippen LogP) is 2.96. The van der Waals surface area contributed by atoms with Crippen LogP contribution in [0.1, 0.15) is 22.8 Å². The third-order valence-corrected chi connectivity index (χ3v) is 3.65. The summed E-state index contributed by atoms with van der Waals surface area (Å²) < 4.78 is 5.58. The summed E-state index contributed by atoms with van der Waals surface area (Å²) >= 11 is 1.48. The smallest absolute Gasteiger partial charge is 0.379 e. The molecule has 17 heavy (non-hydrogen) atoms. The van der Waals surface area contributed by atoms with Crippen molar-refractivity contribution in [1.29, 1.82) is 0 Å². The van der Waals surface area contributed by atoms with E-state index < -0.39 is 11.8 Å². The van der Waals surface area contributed by atoms with Gasteiger partial charge in [-0.1, -0.05) is 12.1 Å². The number of thiophene rings is 1. The molecule has 0 aliphatic rings. The second-order valence-electron chi connectivity index (χ2n) is 3.65. The summed E-state index contributed by atoms with van der Waals surface area (Å²) in [6.45, 7) is 3.88. The van der Waals surface area contributed by atoms with Crippen molar-refractivity contribution in [2.45, 2.75) is 13.8 Å². The fraction of sp³-hybridized carbons (Fsp3) is 0.231. The van der Waals surface area contributed by atoms with Crippen LogP contribution in [0.3, 0.4) is 0 Å². The molecular formula is C13H12O3S. The number of aryl methyl sites for hydroxylation is 1. The van der Waals surface area contributed by atoms with E-state index in [4.69, 9.17) is 4.74 Å². The Morgan fingerprint density at radius 1 is 1.35 bits per heavy atom. The van der Waals surface area contributed by atoms with Crippen molar-refractivity contribution in [3.8, 4) is 0 Å². The predicted molar refractivity (Wildman–Crippen MR) is 67.5 cm³/mol. The summed E-state index contributed by atoms with van der Waals surface area (Å²) in [4.78, 5) is 23.3. The number of ether oxygens (including phenoxy) is 1. The summed E-state index contributed by atoms with van der Waals surface area (Å²) in [5.74, 6) is -1.36. The molecule has 0 fully saturated rings. The normalized spacial score (nSPS) is 10.5. The molecule has 2 aromatic rings. The van der Waals surface area contributed by atoms with E-state index in [-0.39, 0.29) is 6.61 Å². The Morgan fingerprint density at radius 3 is 2.82 bits per heavy atom. The van der Waals surface area contributed by atoms with Gasteiger partial charge in [0.2, 0.25) is 0 Å². The van der Waals surface area contributed by atoms with Crippen LogP contribution < -0.4 is 0 Å². The molecule has 1 heterocycles. The van der Waals surface area contributed by atoms with Gasteiger partial charge in [0.15, 0.2) is 0 Å². The Balaban J connectivity index is 2.49. The fourth-order valence-corrected chi connectivity index (χ4v) is 2.74. The molecule has 1 aromatic carbocycles. The van der Waals surface area contributed by atoms with Crippen molar-refractivity contribution < 1.29 is 14.3 Å². The molecule has 0 amide bonds. The van der Waals surface area contributed by atoms with E-state index in [0.717, 1.165) is 15.6 Å². The van der Waals surface area contributed by atoms with Crippen LogP contribution in [-0.4, -0.2) is 18.4 Å². The highest BCUT2D eigenvalue weighted by molar-refractivity contribution is 7.17. The molecular weight excluding hydrogens is 236 g/mol. The van der Waals surface area contributed by atoms with Gasteiger partial charge in [-0.25, -0.2) is 4.79 Å². The van der Waals surface area contributed by atoms with Crippen LogP contribution in [0.15, 0.2) is 23.6 Å². The molecule has 0 N–H and O–H groups in total. The Hall–Kier alpha value is -1.68. The maximum absolute atomic E-state index is 11.9. The highest BCUT2D eigenvalue weighted by Gasteiger charge is 2.20. The Bertz CT molecular complexity index is 583. The van der Waals surface area contributed by atoms with Crippen molar-refractivity contribution in [2.75, 3.05) is 6.61 Å². The molecule has 0 bridgehead atoms. The first-order chi connectivity index (χ1) is 8.15. The third kappa shape index (κ3) is 2.08. The van der Waals surface area contributed by atoms with Gasteiger partial charge in [-0.2, -0.15) is 0 Å². The topological polar surface area (TPSA) is 43.4 Å². The molecule has 1 aromatic heterocycles. The van der Waals surface area contributed by atoms with E-state index in [2.05, 4.69) is 0 Å². The molecule has 4 heteroatoms. The maximum atomic E-state index is 11.9. The molecule has 88 valence electrons. The highest BCUT2D eigenvalue weighted by Crippen LogP contribution is 2.28. The summed E-state index contributed by atoms with van der Waals surface area (Å²) in [5, 5.41) is 3.00. The van der Waals surface area contributed by atoms with Gasteiger partial charge in [0.05, 0.1) is 6.61 Å². The van der Waals surface area contributed by atoms with Crippen molar-refractivity contribution in [1.82, 2.24) is 0 Å². The highest BCUT2D eigenvalue weighted by atomic mass is 32.1. The van der Waals surface area contributed by atoms with Crippen LogP contribution in [0.4, 0.5) is 0 Å². The van der Waals surface area contributed by atoms with Crippen molar-refractivity contribution in [2.24, 2.45) is 0 Å². The first kappa shape index (κ1) is 11.8. The minimum atomic E-state index is -0.786. The number of carbonyl (C=O) groups is 2. The number of esters is 1. The zero-order valence-electron chi connectivity index (χ0n) is 9.65. The minimum absolute atomic E-state index is 0.212. The van der Waals surface area contributed by atoms with Crippen LogP contribution in [0, 0.1) is 6.92 Å². The largest absolute Gasteiger partial charge is 0.460 e. The molecule has 0 radical (unpaired) electrons. The third-order valence-electron chi connectivity index (χ3n) is 2.50. The summed E-state index contributed by atoms with van der Waals surface area (Å²) in [5.41, 5.74) is 1.54. The SMILES string of the molecule is CCOC(=O)C(=O)c1cccc2c(C)csc12. The van der Waals surface area contributed by atoms with E-state index >= 15 is 0 Å². The number of fused-ring (bicyclic) bond motifs is 1. The standard InChI is InChI=1S/C13H12O3S/c1-3-16-13(15)11(14)10-6-4-5-9-8(2)7-17-12(9)10/h4-7H,3H2,1-2H3. The van der Waals surface area contributed by atoms with Crippen molar-refractivity contribution in [3.63, 3.8) is 0 Å². The number of ketones is 1. The first-order valence-corrected chi connectivity index (χ1v) is 6.21. The van der Waals surface area contributed by atoms with Crippen molar-refractivity contribution in [3.05, 3.63) is 34.7 Å². The van der Waals surface area contributed by atoms with Gasteiger partial charge < -0.3 is 4.74 Å². The number of benzene rings is 1. The number of carbonyl (C=O) groups excluding carboxylic acids is 2. The van der Waals surface area contributed by atoms with E-state index in [1.807, 2.05) is 18.4 Å². The van der Waals surface area contributed by atoms with Gasteiger partial charge in [0.1, 0.15) is 0 Å². The molecule has 3 nitrogen and oxygen atoms in total. The lowest BCUT2D eigenvalue weighted by Gasteiger charge is -2.02.